The van der Waals surface area contributed by atoms with E-state index >= 15 is 0 Å². The van der Waals surface area contributed by atoms with Gasteiger partial charge in [0.2, 0.25) is 0 Å². The van der Waals surface area contributed by atoms with Gasteiger partial charge in [0.15, 0.2) is 0 Å². The van der Waals surface area contributed by atoms with Crippen LogP contribution in [0.4, 0.5) is 0 Å². The van der Waals surface area contributed by atoms with Crippen LogP contribution in [-0.2, 0) is 6.42 Å². The quantitative estimate of drug-likeness (QED) is 0.559. The number of nitrogens with one attached hydrogen (secondary N) is 1. The lowest BCUT2D eigenvalue weighted by Gasteiger charge is -2.53. The number of rotatable bonds is 0. The first-order chi connectivity index (χ1) is 8.78. The van der Waals surface area contributed by atoms with E-state index in [1.807, 2.05) is 0 Å². The molecule has 1 saturated heterocycles. The van der Waals surface area contributed by atoms with Crippen molar-refractivity contribution in [1.82, 2.24) is 4.98 Å². The highest BCUT2D eigenvalue weighted by molar-refractivity contribution is 5.85. The number of hydrogen-bond acceptors (Lipinski definition) is 1. The van der Waals surface area contributed by atoms with Gasteiger partial charge in [-0.25, -0.2) is 0 Å². The molecule has 1 aromatic heterocycles. The summed E-state index contributed by atoms with van der Waals surface area (Å²) in [4.78, 5) is 3.52. The third-order valence-corrected chi connectivity index (χ3v) is 4.75. The van der Waals surface area contributed by atoms with Crippen LogP contribution in [-0.4, -0.2) is 22.7 Å². The lowest BCUT2D eigenvalue weighted by molar-refractivity contribution is -0.919. The molecule has 3 heteroatoms. The zero-order valence-corrected chi connectivity index (χ0v) is 10.5. The molecule has 2 unspecified atom stereocenters. The molecule has 2 aliphatic rings. The van der Waals surface area contributed by atoms with Crippen LogP contribution in [0.15, 0.2) is 24.3 Å². The number of H-pyrrole nitrogens is 1. The molecule has 0 aliphatic carbocycles. The Morgan fingerprint density at radius 3 is 3.00 bits per heavy atom. The van der Waals surface area contributed by atoms with Crippen LogP contribution in [0.1, 0.15) is 36.6 Å². The zero-order chi connectivity index (χ0) is 12.2. The van der Waals surface area contributed by atoms with Gasteiger partial charge in [-0.15, -0.1) is 0 Å². The van der Waals surface area contributed by atoms with Gasteiger partial charge in [-0.3, -0.25) is 0 Å². The molecule has 2 atom stereocenters. The monoisotopic (exact) mass is 242 g/mol. The Morgan fingerprint density at radius 2 is 2.06 bits per heavy atom. The molecule has 1 aromatic carbocycles. The Balaban J connectivity index is 1.92. The highest BCUT2D eigenvalue weighted by atomic mass is 16.5. The molecule has 4 rings (SSSR count). The molecule has 0 bridgehead atoms. The minimum absolute atomic E-state index is 0.0137. The molecule has 1 N–H and O–H groups in total. The van der Waals surface area contributed by atoms with Crippen molar-refractivity contribution in [3.63, 3.8) is 0 Å². The molecule has 0 saturated carbocycles. The van der Waals surface area contributed by atoms with Gasteiger partial charge in [0.05, 0.1) is 18.8 Å². The van der Waals surface area contributed by atoms with Crippen LogP contribution in [0, 0.1) is 5.21 Å². The summed E-state index contributed by atoms with van der Waals surface area (Å²) < 4.78 is 0.0137. The van der Waals surface area contributed by atoms with Gasteiger partial charge in [0.25, 0.3) is 0 Å². The minimum atomic E-state index is 0.0137. The van der Waals surface area contributed by atoms with E-state index in [1.165, 1.54) is 28.6 Å². The average molecular weight is 242 g/mol. The van der Waals surface area contributed by atoms with Crippen molar-refractivity contribution in [2.45, 2.75) is 31.7 Å². The maximum atomic E-state index is 12.9. The van der Waals surface area contributed by atoms with Gasteiger partial charge in [-0.2, -0.15) is 0 Å². The number of hydrogen-bond donors (Lipinski definition) is 1. The van der Waals surface area contributed by atoms with E-state index in [0.717, 1.165) is 32.4 Å². The van der Waals surface area contributed by atoms with Crippen molar-refractivity contribution < 1.29 is 4.65 Å². The van der Waals surface area contributed by atoms with E-state index in [1.54, 1.807) is 0 Å². The first-order valence-electron chi connectivity index (χ1n) is 6.95. The number of fused-ring (bicyclic) bond motifs is 5. The van der Waals surface area contributed by atoms with E-state index in [4.69, 9.17) is 0 Å². The topological polar surface area (TPSA) is 38.8 Å². The Kier molecular flexibility index (Phi) is 2.11. The molecule has 94 valence electrons. The summed E-state index contributed by atoms with van der Waals surface area (Å²) in [5.41, 5.74) is 3.83. The number of quaternary nitrogens is 1. The van der Waals surface area contributed by atoms with Gasteiger partial charge in [-0.05, 0) is 24.5 Å². The van der Waals surface area contributed by atoms with Gasteiger partial charge >= 0.3 is 0 Å². The molecule has 0 spiro atoms. The molecule has 0 amide bonds. The summed E-state index contributed by atoms with van der Waals surface area (Å²) in [6.45, 7) is 1.57. The Bertz CT molecular complexity index is 604. The molecule has 3 heterocycles. The molecule has 2 aromatic rings. The van der Waals surface area contributed by atoms with Crippen LogP contribution in [0.25, 0.3) is 10.9 Å². The van der Waals surface area contributed by atoms with Crippen molar-refractivity contribution in [2.75, 3.05) is 13.1 Å². The average Bonchev–Trinajstić information content (AvgIpc) is 2.76. The summed E-state index contributed by atoms with van der Waals surface area (Å²) in [5, 5.41) is 14.2. The molecular formula is C15H18N2O. The van der Waals surface area contributed by atoms with Crippen LogP contribution in [0.3, 0.4) is 0 Å². The second-order valence-corrected chi connectivity index (χ2v) is 5.72. The molecule has 1 fully saturated rings. The molecule has 2 aliphatic heterocycles. The second kappa shape index (κ2) is 3.59. The van der Waals surface area contributed by atoms with Gasteiger partial charge in [-0.1, -0.05) is 18.2 Å². The summed E-state index contributed by atoms with van der Waals surface area (Å²) >= 11 is 0. The van der Waals surface area contributed by atoms with Gasteiger partial charge in [0, 0.05) is 23.7 Å². The summed E-state index contributed by atoms with van der Waals surface area (Å²) in [6.07, 6.45) is 4.26. The number of aromatic nitrogens is 1. The van der Waals surface area contributed by atoms with Crippen LogP contribution in [0.2, 0.25) is 0 Å². The largest absolute Gasteiger partial charge is 0.632 e. The van der Waals surface area contributed by atoms with Crippen LogP contribution in [0.5, 0.6) is 0 Å². The summed E-state index contributed by atoms with van der Waals surface area (Å²) in [5.74, 6) is 0. The van der Waals surface area contributed by atoms with Crippen molar-refractivity contribution >= 4 is 10.9 Å². The first kappa shape index (κ1) is 10.6. The highest BCUT2D eigenvalue weighted by Crippen LogP contribution is 2.43. The summed E-state index contributed by atoms with van der Waals surface area (Å²) in [7, 11) is 0. The predicted molar refractivity (Wildman–Crippen MR) is 72.0 cm³/mol. The Hall–Kier alpha value is -1.32. The Labute approximate surface area is 107 Å². The third-order valence-electron chi connectivity index (χ3n) is 4.75. The number of nitrogens with zero attached hydrogens (tertiary/aromatic N) is 1. The fraction of sp³-hybridized carbons (Fsp3) is 0.467. The van der Waals surface area contributed by atoms with Crippen LogP contribution < -0.4 is 0 Å². The smallest absolute Gasteiger partial charge is 0.130 e. The maximum absolute atomic E-state index is 12.9. The predicted octanol–water partition coefficient (Wildman–Crippen LogP) is 3.26. The third kappa shape index (κ3) is 1.32. The lowest BCUT2D eigenvalue weighted by atomic mass is 9.90. The second-order valence-electron chi connectivity index (χ2n) is 5.72. The van der Waals surface area contributed by atoms with Crippen molar-refractivity contribution in [2.24, 2.45) is 0 Å². The number of para-hydroxylation sites is 1. The molecule has 3 nitrogen and oxygen atoms in total. The molecular weight excluding hydrogens is 224 g/mol. The van der Waals surface area contributed by atoms with Crippen LogP contribution >= 0.6 is 0 Å². The minimum Gasteiger partial charge on any atom is -0.632 e. The SMILES string of the molecule is [O-][N+]12CCCCC1c1[nH]c3ccccc3c1CC2. The van der Waals surface area contributed by atoms with Crippen molar-refractivity contribution in [3.8, 4) is 0 Å². The highest BCUT2D eigenvalue weighted by Gasteiger charge is 2.39. The van der Waals surface area contributed by atoms with E-state index in [-0.39, 0.29) is 10.7 Å². The van der Waals surface area contributed by atoms with E-state index < -0.39 is 0 Å². The Morgan fingerprint density at radius 1 is 1.17 bits per heavy atom. The fourth-order valence-corrected chi connectivity index (χ4v) is 3.83. The molecule has 0 radical (unpaired) electrons. The number of aromatic amines is 1. The lowest BCUT2D eigenvalue weighted by Crippen LogP contribution is -2.52. The van der Waals surface area contributed by atoms with Crippen molar-refractivity contribution in [1.29, 1.82) is 0 Å². The van der Waals surface area contributed by atoms with Crippen molar-refractivity contribution in [3.05, 3.63) is 40.7 Å². The summed E-state index contributed by atoms with van der Waals surface area (Å²) in [6, 6.07) is 8.61. The molecule has 18 heavy (non-hydrogen) atoms. The van der Waals surface area contributed by atoms with Gasteiger partial charge in [0.1, 0.15) is 6.04 Å². The normalized spacial score (nSPS) is 31.1. The van der Waals surface area contributed by atoms with E-state index in [9.17, 15) is 5.21 Å². The van der Waals surface area contributed by atoms with E-state index in [0.29, 0.717) is 0 Å². The van der Waals surface area contributed by atoms with E-state index in [2.05, 4.69) is 29.2 Å². The first-order valence-corrected chi connectivity index (χ1v) is 6.95. The maximum Gasteiger partial charge on any atom is 0.130 e. The fourth-order valence-electron chi connectivity index (χ4n) is 3.83. The number of piperidine rings is 1. The zero-order valence-electron chi connectivity index (χ0n) is 10.5. The number of benzene rings is 1. The van der Waals surface area contributed by atoms with Gasteiger partial charge < -0.3 is 14.8 Å². The number of hydroxylamine groups is 3. The standard InChI is InChI=1S/C15H18N2O/c18-17-9-4-3-7-14(17)15-12(8-10-17)11-5-1-2-6-13(11)16-15/h1-2,5-6,14,16H,3-4,7-10H2.